The van der Waals surface area contributed by atoms with E-state index in [1.807, 2.05) is 36.4 Å². The van der Waals surface area contributed by atoms with Gasteiger partial charge in [-0.3, -0.25) is 4.98 Å². The number of alkyl halides is 3. The minimum Gasteiger partial charge on any atom is -0.438 e. The van der Waals surface area contributed by atoms with Gasteiger partial charge in [0.25, 0.3) is 0 Å². The third kappa shape index (κ3) is 4.63. The standard InChI is InChI=1S/C24H15F3N4OS/c25-24(26,27)21-14-15(11-13-28-21)18-4-3-12-29-22(18)32-17-9-7-16(8-10-17)30-23-31-19-5-1-2-6-20(19)33-23/h1-14H,(H,30,31). The van der Waals surface area contributed by atoms with E-state index in [-0.39, 0.29) is 5.88 Å². The lowest BCUT2D eigenvalue weighted by molar-refractivity contribution is -0.141. The SMILES string of the molecule is FC(F)(F)c1cc(-c2cccnc2Oc2ccc(Nc3nc4ccccc4s3)cc2)ccn1. The summed E-state index contributed by atoms with van der Waals surface area (Å²) >= 11 is 1.55. The van der Waals surface area contributed by atoms with E-state index in [4.69, 9.17) is 4.74 Å². The third-order valence-corrected chi connectivity index (χ3v) is 5.70. The molecule has 1 N–H and O–H groups in total. The molecule has 5 aromatic rings. The fourth-order valence-corrected chi connectivity index (χ4v) is 4.10. The Hall–Kier alpha value is -3.98. The third-order valence-electron chi connectivity index (χ3n) is 4.75. The van der Waals surface area contributed by atoms with Gasteiger partial charge in [-0.15, -0.1) is 0 Å². The second kappa shape index (κ2) is 8.51. The van der Waals surface area contributed by atoms with Gasteiger partial charge in [0.2, 0.25) is 5.88 Å². The van der Waals surface area contributed by atoms with Crippen molar-refractivity contribution in [3.05, 3.63) is 90.9 Å². The molecule has 0 amide bonds. The zero-order valence-electron chi connectivity index (χ0n) is 16.9. The minimum absolute atomic E-state index is 0.198. The van der Waals surface area contributed by atoms with Crippen LogP contribution in [0.2, 0.25) is 0 Å². The number of hydrogen-bond donors (Lipinski definition) is 1. The first-order valence-electron chi connectivity index (χ1n) is 9.85. The van der Waals surface area contributed by atoms with E-state index in [0.717, 1.165) is 33.3 Å². The predicted molar refractivity (Wildman–Crippen MR) is 122 cm³/mol. The first kappa shape index (κ1) is 20.9. The van der Waals surface area contributed by atoms with Crippen LogP contribution in [0.15, 0.2) is 85.2 Å². The van der Waals surface area contributed by atoms with Crippen LogP contribution in [0.25, 0.3) is 21.3 Å². The number of fused-ring (bicyclic) bond motifs is 1. The lowest BCUT2D eigenvalue weighted by Gasteiger charge is -2.12. The second-order valence-electron chi connectivity index (χ2n) is 7.02. The number of para-hydroxylation sites is 1. The summed E-state index contributed by atoms with van der Waals surface area (Å²) in [7, 11) is 0. The maximum atomic E-state index is 13.1. The quantitative estimate of drug-likeness (QED) is 0.296. The lowest BCUT2D eigenvalue weighted by atomic mass is 10.1. The Bertz CT molecular complexity index is 1380. The Morgan fingerprint density at radius 3 is 2.45 bits per heavy atom. The van der Waals surface area contributed by atoms with Crippen LogP contribution in [-0.2, 0) is 6.18 Å². The minimum atomic E-state index is -4.54. The normalized spacial score (nSPS) is 11.5. The number of thiazole rings is 1. The smallest absolute Gasteiger partial charge is 0.433 e. The van der Waals surface area contributed by atoms with Gasteiger partial charge in [-0.05, 0) is 66.2 Å². The highest BCUT2D eigenvalue weighted by atomic mass is 32.1. The number of ether oxygens (including phenoxy) is 1. The van der Waals surface area contributed by atoms with Crippen LogP contribution in [0.1, 0.15) is 5.69 Å². The molecule has 0 saturated heterocycles. The number of hydrogen-bond acceptors (Lipinski definition) is 6. The Morgan fingerprint density at radius 2 is 1.67 bits per heavy atom. The molecule has 5 rings (SSSR count). The van der Waals surface area contributed by atoms with Gasteiger partial charge in [0.05, 0.1) is 10.2 Å². The van der Waals surface area contributed by atoms with Crippen molar-refractivity contribution < 1.29 is 17.9 Å². The Morgan fingerprint density at radius 1 is 0.848 bits per heavy atom. The van der Waals surface area contributed by atoms with Crippen LogP contribution in [0, 0.1) is 0 Å². The van der Waals surface area contributed by atoms with Crippen molar-refractivity contribution in [1.29, 1.82) is 0 Å². The van der Waals surface area contributed by atoms with Crippen LogP contribution in [-0.4, -0.2) is 15.0 Å². The average molecular weight is 464 g/mol. The molecule has 2 aromatic carbocycles. The second-order valence-corrected chi connectivity index (χ2v) is 8.05. The average Bonchev–Trinajstić information content (AvgIpc) is 3.23. The van der Waals surface area contributed by atoms with Crippen molar-refractivity contribution in [1.82, 2.24) is 15.0 Å². The molecule has 0 aliphatic carbocycles. The molecule has 33 heavy (non-hydrogen) atoms. The van der Waals surface area contributed by atoms with Gasteiger partial charge in [0.1, 0.15) is 11.4 Å². The number of benzene rings is 2. The molecule has 0 bridgehead atoms. The number of nitrogens with zero attached hydrogens (tertiary/aromatic N) is 3. The van der Waals surface area contributed by atoms with Crippen molar-refractivity contribution in [3.8, 4) is 22.8 Å². The number of nitrogens with one attached hydrogen (secondary N) is 1. The number of halogens is 3. The number of aromatic nitrogens is 3. The molecule has 3 heterocycles. The Labute approximate surface area is 190 Å². The van der Waals surface area contributed by atoms with Crippen LogP contribution >= 0.6 is 11.3 Å². The highest BCUT2D eigenvalue weighted by molar-refractivity contribution is 7.22. The molecule has 0 unspecified atom stereocenters. The summed E-state index contributed by atoms with van der Waals surface area (Å²) in [6.07, 6.45) is -1.89. The maximum absolute atomic E-state index is 13.1. The first-order chi connectivity index (χ1) is 16.0. The number of rotatable bonds is 5. The summed E-state index contributed by atoms with van der Waals surface area (Å²) in [5.74, 6) is 0.693. The molecule has 0 atom stereocenters. The maximum Gasteiger partial charge on any atom is 0.433 e. The van der Waals surface area contributed by atoms with Crippen LogP contribution in [0.3, 0.4) is 0 Å². The molecule has 0 saturated carbocycles. The molecular weight excluding hydrogens is 449 g/mol. The van der Waals surface area contributed by atoms with Crippen LogP contribution < -0.4 is 10.1 Å². The fraction of sp³-hybridized carbons (Fsp3) is 0.0417. The van der Waals surface area contributed by atoms with Gasteiger partial charge in [0.15, 0.2) is 5.13 Å². The van der Waals surface area contributed by atoms with Crippen molar-refractivity contribution in [3.63, 3.8) is 0 Å². The number of anilines is 2. The predicted octanol–water partition coefficient (Wildman–Crippen LogP) is 7.31. The highest BCUT2D eigenvalue weighted by Gasteiger charge is 2.32. The molecule has 0 radical (unpaired) electrons. The van der Waals surface area contributed by atoms with E-state index in [1.54, 1.807) is 35.6 Å². The molecule has 5 nitrogen and oxygen atoms in total. The summed E-state index contributed by atoms with van der Waals surface area (Å²) in [5, 5.41) is 4.04. The van der Waals surface area contributed by atoms with Gasteiger partial charge in [-0.25, -0.2) is 9.97 Å². The zero-order valence-corrected chi connectivity index (χ0v) is 17.7. The molecule has 0 aliphatic rings. The molecular formula is C24H15F3N4OS. The Balaban J connectivity index is 1.36. The van der Waals surface area contributed by atoms with E-state index < -0.39 is 11.9 Å². The summed E-state index contributed by atoms with van der Waals surface area (Å²) in [6.45, 7) is 0. The molecule has 9 heteroatoms. The summed E-state index contributed by atoms with van der Waals surface area (Å²) in [6, 6.07) is 20.8. The van der Waals surface area contributed by atoms with Crippen LogP contribution in [0.4, 0.5) is 24.0 Å². The molecule has 0 fully saturated rings. The number of pyridine rings is 2. The molecule has 3 aromatic heterocycles. The van der Waals surface area contributed by atoms with Gasteiger partial charge in [-0.1, -0.05) is 23.5 Å². The van der Waals surface area contributed by atoms with E-state index >= 15 is 0 Å². The fourth-order valence-electron chi connectivity index (χ4n) is 3.21. The van der Waals surface area contributed by atoms with Crippen molar-refractivity contribution >= 4 is 32.4 Å². The van der Waals surface area contributed by atoms with E-state index in [9.17, 15) is 13.2 Å². The van der Waals surface area contributed by atoms with Gasteiger partial charge < -0.3 is 10.1 Å². The van der Waals surface area contributed by atoms with Gasteiger partial charge in [-0.2, -0.15) is 13.2 Å². The van der Waals surface area contributed by atoms with Crippen molar-refractivity contribution in [2.75, 3.05) is 5.32 Å². The van der Waals surface area contributed by atoms with E-state index in [2.05, 4.69) is 20.3 Å². The summed E-state index contributed by atoms with van der Waals surface area (Å²) < 4.78 is 46.2. The van der Waals surface area contributed by atoms with Gasteiger partial charge in [0, 0.05) is 23.6 Å². The highest BCUT2D eigenvalue weighted by Crippen LogP contribution is 2.35. The zero-order chi connectivity index (χ0) is 22.8. The molecule has 164 valence electrons. The van der Waals surface area contributed by atoms with Crippen LogP contribution in [0.5, 0.6) is 11.6 Å². The molecule has 0 spiro atoms. The van der Waals surface area contributed by atoms with E-state index in [1.165, 1.54) is 12.3 Å². The monoisotopic (exact) mass is 464 g/mol. The summed E-state index contributed by atoms with van der Waals surface area (Å²) in [4.78, 5) is 12.2. The summed E-state index contributed by atoms with van der Waals surface area (Å²) in [5.41, 5.74) is 1.53. The van der Waals surface area contributed by atoms with Gasteiger partial charge >= 0.3 is 6.18 Å². The van der Waals surface area contributed by atoms with Crippen molar-refractivity contribution in [2.45, 2.75) is 6.18 Å². The Kier molecular flexibility index (Phi) is 5.39. The topological polar surface area (TPSA) is 59.9 Å². The first-order valence-corrected chi connectivity index (χ1v) is 10.7. The van der Waals surface area contributed by atoms with Crippen molar-refractivity contribution in [2.24, 2.45) is 0 Å². The van der Waals surface area contributed by atoms with E-state index in [0.29, 0.717) is 16.9 Å². The lowest BCUT2D eigenvalue weighted by Crippen LogP contribution is -2.07. The largest absolute Gasteiger partial charge is 0.438 e. The molecule has 0 aliphatic heterocycles.